The van der Waals surface area contributed by atoms with E-state index < -0.39 is 33.9 Å². The Morgan fingerprint density at radius 1 is 1.13 bits per heavy atom. The SMILES string of the molecule is Cc1ccc(S(=O)(=O)NC(CCC(N)=O)C(=O)NC(C)CC(=O)c2ccco2)cc1C. The van der Waals surface area contributed by atoms with Crippen LogP contribution in [0.2, 0.25) is 0 Å². The molecule has 0 aliphatic heterocycles. The number of aryl methyl sites for hydroxylation is 2. The van der Waals surface area contributed by atoms with Crippen molar-refractivity contribution in [3.8, 4) is 0 Å². The van der Waals surface area contributed by atoms with Crippen molar-refractivity contribution < 1.29 is 27.2 Å². The Hall–Kier alpha value is -2.98. The van der Waals surface area contributed by atoms with Gasteiger partial charge in [0.1, 0.15) is 6.04 Å². The summed E-state index contributed by atoms with van der Waals surface area (Å²) < 4.78 is 33.0. The summed E-state index contributed by atoms with van der Waals surface area (Å²) in [5.74, 6) is -1.46. The van der Waals surface area contributed by atoms with Crippen LogP contribution in [0.5, 0.6) is 0 Å². The van der Waals surface area contributed by atoms with Gasteiger partial charge in [0.2, 0.25) is 21.8 Å². The normalized spacial score (nSPS) is 13.4. The molecule has 0 saturated heterocycles. The van der Waals surface area contributed by atoms with Crippen molar-refractivity contribution in [3.05, 3.63) is 53.5 Å². The lowest BCUT2D eigenvalue weighted by Crippen LogP contribution is -2.49. The number of Topliss-reactive ketones (excluding diaryl/α,β-unsaturated/α-hetero) is 1. The highest BCUT2D eigenvalue weighted by Gasteiger charge is 2.28. The van der Waals surface area contributed by atoms with Crippen LogP contribution < -0.4 is 15.8 Å². The molecule has 2 rings (SSSR count). The third-order valence-corrected chi connectivity index (χ3v) is 6.23. The van der Waals surface area contributed by atoms with E-state index in [2.05, 4.69) is 10.0 Å². The Morgan fingerprint density at radius 3 is 2.42 bits per heavy atom. The summed E-state index contributed by atoms with van der Waals surface area (Å²) in [6.07, 6.45) is 1.03. The highest BCUT2D eigenvalue weighted by Crippen LogP contribution is 2.16. The zero-order valence-electron chi connectivity index (χ0n) is 17.7. The second kappa shape index (κ2) is 10.4. The Morgan fingerprint density at radius 2 is 1.84 bits per heavy atom. The first-order chi connectivity index (χ1) is 14.5. The van der Waals surface area contributed by atoms with E-state index in [-0.39, 0.29) is 35.7 Å². The van der Waals surface area contributed by atoms with E-state index in [4.69, 9.17) is 10.2 Å². The molecule has 2 atom stereocenters. The maximum Gasteiger partial charge on any atom is 0.241 e. The van der Waals surface area contributed by atoms with Crippen molar-refractivity contribution in [1.82, 2.24) is 10.0 Å². The van der Waals surface area contributed by atoms with Gasteiger partial charge in [-0.05, 0) is 62.6 Å². The molecule has 0 spiro atoms. The van der Waals surface area contributed by atoms with Crippen LogP contribution in [0.4, 0.5) is 0 Å². The van der Waals surface area contributed by atoms with Gasteiger partial charge in [-0.3, -0.25) is 14.4 Å². The Labute approximate surface area is 181 Å². The van der Waals surface area contributed by atoms with Gasteiger partial charge in [0.15, 0.2) is 11.5 Å². The van der Waals surface area contributed by atoms with E-state index in [1.807, 2.05) is 6.92 Å². The average molecular weight is 450 g/mol. The number of benzene rings is 1. The van der Waals surface area contributed by atoms with Gasteiger partial charge in [0, 0.05) is 18.9 Å². The second-order valence-corrected chi connectivity index (χ2v) is 9.15. The molecule has 0 bridgehead atoms. The van der Waals surface area contributed by atoms with Crippen molar-refractivity contribution in [1.29, 1.82) is 0 Å². The fourth-order valence-electron chi connectivity index (χ4n) is 2.88. The number of ketones is 1. The Kier molecular flexibility index (Phi) is 8.12. The van der Waals surface area contributed by atoms with Crippen molar-refractivity contribution in [3.63, 3.8) is 0 Å². The third-order valence-electron chi connectivity index (χ3n) is 4.76. The fraction of sp³-hybridized carbons (Fsp3) is 0.381. The number of carbonyl (C=O) groups excluding carboxylic acids is 3. The molecular weight excluding hydrogens is 422 g/mol. The largest absolute Gasteiger partial charge is 0.461 e. The average Bonchev–Trinajstić information content (AvgIpc) is 3.21. The van der Waals surface area contributed by atoms with Gasteiger partial charge in [-0.15, -0.1) is 0 Å². The van der Waals surface area contributed by atoms with Crippen molar-refractivity contribution in [2.24, 2.45) is 5.73 Å². The molecule has 4 N–H and O–H groups in total. The van der Waals surface area contributed by atoms with Crippen molar-refractivity contribution in [2.75, 3.05) is 0 Å². The van der Waals surface area contributed by atoms with Gasteiger partial charge in [0.25, 0.3) is 0 Å². The number of amides is 2. The van der Waals surface area contributed by atoms with Crippen LogP contribution in [0.25, 0.3) is 0 Å². The van der Waals surface area contributed by atoms with Crippen LogP contribution in [-0.4, -0.2) is 38.1 Å². The van der Waals surface area contributed by atoms with Gasteiger partial charge in [-0.1, -0.05) is 6.07 Å². The molecular formula is C21H27N3O6S. The van der Waals surface area contributed by atoms with E-state index in [1.54, 1.807) is 26.0 Å². The minimum atomic E-state index is -4.03. The maximum absolute atomic E-state index is 12.8. The van der Waals surface area contributed by atoms with Gasteiger partial charge in [-0.25, -0.2) is 8.42 Å². The number of carbonyl (C=O) groups is 3. The van der Waals surface area contributed by atoms with Gasteiger partial charge in [0.05, 0.1) is 11.2 Å². The quantitative estimate of drug-likeness (QED) is 0.444. The van der Waals surface area contributed by atoms with Crippen LogP contribution in [0, 0.1) is 13.8 Å². The predicted octanol–water partition coefficient (Wildman–Crippen LogP) is 1.59. The number of nitrogens with two attached hydrogens (primary N) is 1. The second-order valence-electron chi connectivity index (χ2n) is 7.44. The summed E-state index contributed by atoms with van der Waals surface area (Å²) in [6.45, 7) is 5.25. The summed E-state index contributed by atoms with van der Waals surface area (Å²) in [5, 5.41) is 2.61. The Bertz CT molecular complexity index is 1050. The highest BCUT2D eigenvalue weighted by molar-refractivity contribution is 7.89. The van der Waals surface area contributed by atoms with Crippen LogP contribution in [0.1, 0.15) is 47.9 Å². The number of hydrogen-bond donors (Lipinski definition) is 3. The Balaban J connectivity index is 2.12. The molecule has 0 saturated carbocycles. The minimum Gasteiger partial charge on any atom is -0.461 e. The number of primary amides is 1. The lowest BCUT2D eigenvalue weighted by atomic mass is 10.1. The van der Waals surface area contributed by atoms with Crippen LogP contribution in [0.15, 0.2) is 45.9 Å². The first-order valence-electron chi connectivity index (χ1n) is 9.74. The van der Waals surface area contributed by atoms with Crippen LogP contribution >= 0.6 is 0 Å². The summed E-state index contributed by atoms with van der Waals surface area (Å²) in [6, 6.07) is 5.89. The van der Waals surface area contributed by atoms with Crippen molar-refractivity contribution in [2.45, 2.75) is 57.0 Å². The number of sulfonamides is 1. The number of furan rings is 1. The molecule has 9 nitrogen and oxygen atoms in total. The molecule has 2 aromatic rings. The van der Waals surface area contributed by atoms with E-state index >= 15 is 0 Å². The van der Waals surface area contributed by atoms with Gasteiger partial charge in [-0.2, -0.15) is 4.72 Å². The summed E-state index contributed by atoms with van der Waals surface area (Å²) in [5.41, 5.74) is 6.88. The van der Waals surface area contributed by atoms with E-state index in [0.717, 1.165) is 11.1 Å². The molecule has 1 aromatic carbocycles. The van der Waals surface area contributed by atoms with E-state index in [1.165, 1.54) is 24.5 Å². The first-order valence-corrected chi connectivity index (χ1v) is 11.2. The molecule has 0 aliphatic rings. The molecule has 1 heterocycles. The topological polar surface area (TPSA) is 149 Å². The summed E-state index contributed by atoms with van der Waals surface area (Å²) >= 11 is 0. The lowest BCUT2D eigenvalue weighted by Gasteiger charge is -2.21. The highest BCUT2D eigenvalue weighted by atomic mass is 32.2. The van der Waals surface area contributed by atoms with Crippen LogP contribution in [0.3, 0.4) is 0 Å². The first kappa shape index (κ1) is 24.3. The van der Waals surface area contributed by atoms with Gasteiger partial charge >= 0.3 is 0 Å². The molecule has 0 aliphatic carbocycles. The van der Waals surface area contributed by atoms with Crippen LogP contribution in [-0.2, 0) is 19.6 Å². The molecule has 31 heavy (non-hydrogen) atoms. The molecule has 0 radical (unpaired) electrons. The zero-order valence-corrected chi connectivity index (χ0v) is 18.5. The maximum atomic E-state index is 12.8. The fourth-order valence-corrected chi connectivity index (χ4v) is 4.19. The van der Waals surface area contributed by atoms with E-state index in [9.17, 15) is 22.8 Å². The zero-order chi connectivity index (χ0) is 23.2. The smallest absolute Gasteiger partial charge is 0.241 e. The molecule has 10 heteroatoms. The third kappa shape index (κ3) is 7.04. The number of nitrogens with one attached hydrogen (secondary N) is 2. The molecule has 0 fully saturated rings. The molecule has 2 amide bonds. The number of rotatable bonds is 11. The summed E-state index contributed by atoms with van der Waals surface area (Å²) in [4.78, 5) is 36.1. The minimum absolute atomic E-state index is 0.00789. The summed E-state index contributed by atoms with van der Waals surface area (Å²) in [7, 11) is -4.03. The predicted molar refractivity (Wildman–Crippen MR) is 114 cm³/mol. The molecule has 1 aromatic heterocycles. The van der Waals surface area contributed by atoms with E-state index in [0.29, 0.717) is 0 Å². The molecule has 168 valence electrons. The number of hydrogen-bond acceptors (Lipinski definition) is 6. The van der Waals surface area contributed by atoms with Crippen molar-refractivity contribution >= 4 is 27.6 Å². The molecule has 2 unspecified atom stereocenters. The lowest BCUT2D eigenvalue weighted by molar-refractivity contribution is -0.123. The monoisotopic (exact) mass is 449 g/mol. The standard InChI is InChI=1S/C21H27N3O6S/c1-13-6-7-16(11-14(13)2)31(28,29)24-17(8-9-20(22)26)21(27)23-15(3)12-18(25)19-5-4-10-30-19/h4-7,10-11,15,17,24H,8-9,12H2,1-3H3,(H2,22,26)(H,23,27). The van der Waals surface area contributed by atoms with Gasteiger partial charge < -0.3 is 15.5 Å².